The Morgan fingerprint density at radius 2 is 2.00 bits per heavy atom. The first kappa shape index (κ1) is 9.85. The minimum Gasteiger partial charge on any atom is -0.459 e. The highest BCUT2D eigenvalue weighted by Crippen LogP contribution is 2.32. The molecule has 3 rings (SSSR count). The van der Waals surface area contributed by atoms with Gasteiger partial charge in [-0.15, -0.1) is 0 Å². The molecule has 2 fully saturated rings. The van der Waals surface area contributed by atoms with E-state index in [0.717, 1.165) is 12.8 Å². The molecule has 1 aromatic carbocycles. The van der Waals surface area contributed by atoms with E-state index in [-0.39, 0.29) is 24.3 Å². The Morgan fingerprint density at radius 3 is 2.75 bits per heavy atom. The second-order valence-corrected chi connectivity index (χ2v) is 4.45. The fraction of sp³-hybridized carbons (Fsp3) is 0.462. The van der Waals surface area contributed by atoms with Crippen molar-refractivity contribution in [1.82, 2.24) is 0 Å². The van der Waals surface area contributed by atoms with Gasteiger partial charge in [-0.2, -0.15) is 0 Å². The fourth-order valence-electron chi connectivity index (χ4n) is 2.49. The first-order valence-corrected chi connectivity index (χ1v) is 5.70. The van der Waals surface area contributed by atoms with Gasteiger partial charge in [-0.25, -0.2) is 0 Å². The van der Waals surface area contributed by atoms with Crippen LogP contribution in [-0.2, 0) is 20.7 Å². The number of ether oxygens (including phenoxy) is 2. The lowest BCUT2D eigenvalue weighted by Crippen LogP contribution is -2.14. The van der Waals surface area contributed by atoms with Crippen molar-refractivity contribution in [3.8, 4) is 0 Å². The number of hydrogen-bond donors (Lipinski definition) is 0. The van der Waals surface area contributed by atoms with E-state index in [1.165, 1.54) is 5.56 Å². The molecule has 16 heavy (non-hydrogen) atoms. The molecule has 0 spiro atoms. The molecule has 2 aliphatic heterocycles. The summed E-state index contributed by atoms with van der Waals surface area (Å²) < 4.78 is 11.0. The Balaban J connectivity index is 1.62. The topological polar surface area (TPSA) is 35.5 Å². The Labute approximate surface area is 94.4 Å². The molecule has 2 saturated heterocycles. The SMILES string of the molecule is O=C1C[C@@H]2O[C@@H](Cc3ccccc3)C[C@@H]2O1. The van der Waals surface area contributed by atoms with Crippen molar-refractivity contribution < 1.29 is 14.3 Å². The standard InChI is InChI=1S/C13H14O3/c14-13-8-12-11(16-13)7-10(15-12)6-9-4-2-1-3-5-9/h1-5,10-12H,6-8H2/t10-,11-,12-/m0/s1. The van der Waals surface area contributed by atoms with Gasteiger partial charge in [-0.1, -0.05) is 30.3 Å². The molecule has 0 bridgehead atoms. The van der Waals surface area contributed by atoms with Gasteiger partial charge in [-0.3, -0.25) is 4.79 Å². The van der Waals surface area contributed by atoms with Crippen LogP contribution >= 0.6 is 0 Å². The number of carbonyl (C=O) groups excluding carboxylic acids is 1. The minimum absolute atomic E-state index is 0.00112. The molecule has 1 aromatic rings. The molecule has 0 aliphatic carbocycles. The Morgan fingerprint density at radius 1 is 1.19 bits per heavy atom. The summed E-state index contributed by atoms with van der Waals surface area (Å²) in [6.07, 6.45) is 2.38. The molecule has 0 saturated carbocycles. The maximum absolute atomic E-state index is 11.0. The molecule has 2 heterocycles. The smallest absolute Gasteiger partial charge is 0.308 e. The number of esters is 1. The number of fused-ring (bicyclic) bond motifs is 1. The van der Waals surface area contributed by atoms with Crippen molar-refractivity contribution in [3.63, 3.8) is 0 Å². The number of hydrogen-bond acceptors (Lipinski definition) is 3. The van der Waals surface area contributed by atoms with Gasteiger partial charge < -0.3 is 9.47 Å². The molecule has 2 aliphatic rings. The van der Waals surface area contributed by atoms with Crippen LogP contribution in [0.1, 0.15) is 18.4 Å². The van der Waals surface area contributed by atoms with Crippen molar-refractivity contribution in [3.05, 3.63) is 35.9 Å². The predicted octanol–water partition coefficient (Wildman–Crippen LogP) is 1.70. The van der Waals surface area contributed by atoms with Crippen LogP contribution in [0.15, 0.2) is 30.3 Å². The van der Waals surface area contributed by atoms with Crippen LogP contribution in [0.4, 0.5) is 0 Å². The first-order chi connectivity index (χ1) is 7.81. The lowest BCUT2D eigenvalue weighted by Gasteiger charge is -2.11. The molecule has 0 unspecified atom stereocenters. The molecular formula is C13H14O3. The van der Waals surface area contributed by atoms with Crippen molar-refractivity contribution in [2.45, 2.75) is 37.6 Å². The van der Waals surface area contributed by atoms with Gasteiger partial charge in [0, 0.05) is 6.42 Å². The predicted molar refractivity (Wildman–Crippen MR) is 57.9 cm³/mol. The third-order valence-electron chi connectivity index (χ3n) is 3.23. The molecule has 84 valence electrons. The summed E-state index contributed by atoms with van der Waals surface area (Å²) in [5, 5.41) is 0. The van der Waals surface area contributed by atoms with Crippen LogP contribution in [0.25, 0.3) is 0 Å². The third kappa shape index (κ3) is 1.83. The maximum Gasteiger partial charge on any atom is 0.308 e. The van der Waals surface area contributed by atoms with E-state index >= 15 is 0 Å². The maximum atomic E-state index is 11.0. The summed E-state index contributed by atoms with van der Waals surface area (Å²) >= 11 is 0. The van der Waals surface area contributed by atoms with Crippen molar-refractivity contribution >= 4 is 5.97 Å². The first-order valence-electron chi connectivity index (χ1n) is 5.70. The second-order valence-electron chi connectivity index (χ2n) is 4.45. The summed E-state index contributed by atoms with van der Waals surface area (Å²) in [4.78, 5) is 11.0. The average molecular weight is 218 g/mol. The highest BCUT2D eigenvalue weighted by atomic mass is 16.6. The van der Waals surface area contributed by atoms with E-state index in [9.17, 15) is 4.79 Å². The van der Waals surface area contributed by atoms with Crippen molar-refractivity contribution in [2.75, 3.05) is 0 Å². The molecule has 3 heteroatoms. The molecule has 0 radical (unpaired) electrons. The van der Waals surface area contributed by atoms with Gasteiger partial charge in [-0.05, 0) is 12.0 Å². The number of carbonyl (C=O) groups is 1. The molecular weight excluding hydrogens is 204 g/mol. The van der Waals surface area contributed by atoms with Crippen LogP contribution in [0.2, 0.25) is 0 Å². The minimum atomic E-state index is -0.117. The summed E-state index contributed by atoms with van der Waals surface area (Å²) in [5.41, 5.74) is 1.28. The number of benzene rings is 1. The highest BCUT2D eigenvalue weighted by molar-refractivity contribution is 5.72. The van der Waals surface area contributed by atoms with E-state index in [4.69, 9.17) is 9.47 Å². The Kier molecular flexibility index (Phi) is 2.40. The van der Waals surface area contributed by atoms with E-state index < -0.39 is 0 Å². The second kappa shape index (κ2) is 3.91. The van der Waals surface area contributed by atoms with E-state index in [1.54, 1.807) is 0 Å². The summed E-state index contributed by atoms with van der Waals surface area (Å²) in [5.74, 6) is -0.117. The van der Waals surface area contributed by atoms with E-state index in [1.807, 2.05) is 18.2 Å². The summed E-state index contributed by atoms with van der Waals surface area (Å²) in [6.45, 7) is 0. The van der Waals surface area contributed by atoms with Crippen molar-refractivity contribution in [1.29, 1.82) is 0 Å². The summed E-state index contributed by atoms with van der Waals surface area (Å²) in [6, 6.07) is 10.3. The molecule has 3 atom stereocenters. The van der Waals surface area contributed by atoms with Gasteiger partial charge in [0.05, 0.1) is 12.5 Å². The normalized spacial score (nSPS) is 32.5. The average Bonchev–Trinajstić information content (AvgIpc) is 2.76. The summed E-state index contributed by atoms with van der Waals surface area (Å²) in [7, 11) is 0. The Hall–Kier alpha value is -1.35. The van der Waals surface area contributed by atoms with E-state index in [0.29, 0.717) is 6.42 Å². The lowest BCUT2D eigenvalue weighted by molar-refractivity contribution is -0.141. The zero-order valence-electron chi connectivity index (χ0n) is 8.96. The van der Waals surface area contributed by atoms with Crippen LogP contribution in [-0.4, -0.2) is 24.3 Å². The van der Waals surface area contributed by atoms with Crippen molar-refractivity contribution in [2.24, 2.45) is 0 Å². The third-order valence-corrected chi connectivity index (χ3v) is 3.23. The lowest BCUT2D eigenvalue weighted by atomic mass is 10.0. The van der Waals surface area contributed by atoms with Gasteiger partial charge in [0.15, 0.2) is 0 Å². The fourth-order valence-corrected chi connectivity index (χ4v) is 2.49. The highest BCUT2D eigenvalue weighted by Gasteiger charge is 2.43. The number of rotatable bonds is 2. The Bertz CT molecular complexity index is 371. The largest absolute Gasteiger partial charge is 0.459 e. The molecule has 3 nitrogen and oxygen atoms in total. The molecule has 0 N–H and O–H groups in total. The zero-order chi connectivity index (χ0) is 11.0. The van der Waals surface area contributed by atoms with Crippen LogP contribution in [0.5, 0.6) is 0 Å². The van der Waals surface area contributed by atoms with Gasteiger partial charge in [0.25, 0.3) is 0 Å². The monoisotopic (exact) mass is 218 g/mol. The molecule has 0 amide bonds. The quantitative estimate of drug-likeness (QED) is 0.709. The zero-order valence-corrected chi connectivity index (χ0v) is 8.96. The van der Waals surface area contributed by atoms with Crippen LogP contribution in [0.3, 0.4) is 0 Å². The van der Waals surface area contributed by atoms with Gasteiger partial charge in [0.2, 0.25) is 0 Å². The van der Waals surface area contributed by atoms with Gasteiger partial charge in [0.1, 0.15) is 12.2 Å². The van der Waals surface area contributed by atoms with E-state index in [2.05, 4.69) is 12.1 Å². The van der Waals surface area contributed by atoms with Crippen LogP contribution < -0.4 is 0 Å². The van der Waals surface area contributed by atoms with Crippen LogP contribution in [0, 0.1) is 0 Å². The molecule has 0 aromatic heterocycles. The van der Waals surface area contributed by atoms with Gasteiger partial charge >= 0.3 is 5.97 Å².